The Balaban J connectivity index is 1.82. The predicted octanol–water partition coefficient (Wildman–Crippen LogP) is 4.52. The second-order valence-corrected chi connectivity index (χ2v) is 8.89. The third-order valence-corrected chi connectivity index (χ3v) is 6.21. The van der Waals surface area contributed by atoms with Crippen LogP contribution in [0.25, 0.3) is 0 Å². The average molecular weight is 476 g/mol. The van der Waals surface area contributed by atoms with Crippen LogP contribution in [-0.4, -0.2) is 43.2 Å². The fraction of sp³-hybridized carbons (Fsp3) is 0.542. The number of aromatic nitrogens is 1. The van der Waals surface area contributed by atoms with Crippen molar-refractivity contribution in [2.24, 2.45) is 0 Å². The second kappa shape index (κ2) is 11.4. The third-order valence-electron chi connectivity index (χ3n) is 5.12. The maximum Gasteiger partial charge on any atom is 0.263 e. The number of hydrogen-bond acceptors (Lipinski definition) is 7. The Kier molecular flexibility index (Phi) is 8.55. The lowest BCUT2D eigenvalue weighted by atomic mass is 10.1. The van der Waals surface area contributed by atoms with Crippen LogP contribution >= 0.6 is 11.3 Å². The summed E-state index contributed by atoms with van der Waals surface area (Å²) in [4.78, 5) is 32.1. The summed E-state index contributed by atoms with van der Waals surface area (Å²) < 4.78 is 17.3. The first-order valence-electron chi connectivity index (χ1n) is 11.5. The minimum absolute atomic E-state index is 0.0623. The number of hydrogen-bond donors (Lipinski definition) is 1. The predicted molar refractivity (Wildman–Crippen MR) is 129 cm³/mol. The topological polar surface area (TPSA) is 90.0 Å². The van der Waals surface area contributed by atoms with Crippen molar-refractivity contribution in [2.45, 2.75) is 59.9 Å². The van der Waals surface area contributed by atoms with E-state index in [9.17, 15) is 9.59 Å². The van der Waals surface area contributed by atoms with E-state index < -0.39 is 0 Å². The normalized spacial score (nSPS) is 13.5. The van der Waals surface area contributed by atoms with Crippen LogP contribution in [0, 0.1) is 0 Å². The van der Waals surface area contributed by atoms with E-state index in [0.29, 0.717) is 72.3 Å². The van der Waals surface area contributed by atoms with Gasteiger partial charge in [0.15, 0.2) is 16.6 Å². The lowest BCUT2D eigenvalue weighted by Crippen LogP contribution is -2.23. The van der Waals surface area contributed by atoms with Gasteiger partial charge < -0.3 is 19.5 Å². The molecule has 3 rings (SSSR count). The molecule has 2 amide bonds. The Morgan fingerprint density at radius 1 is 1.12 bits per heavy atom. The SMILES string of the molecule is CCOc1cc(CNC(=O)c2sc(N3CCCC3=O)nc2C(C)C)cc(OCC)c1OCC. The van der Waals surface area contributed by atoms with Gasteiger partial charge in [0.25, 0.3) is 5.91 Å². The number of anilines is 1. The molecule has 2 heterocycles. The Labute approximate surface area is 199 Å². The maximum atomic E-state index is 13.1. The molecule has 1 saturated heterocycles. The molecule has 0 unspecified atom stereocenters. The number of thiazole rings is 1. The summed E-state index contributed by atoms with van der Waals surface area (Å²) in [7, 11) is 0. The number of carbonyl (C=O) groups is 2. The standard InChI is InChI=1S/C24H33N3O5S/c1-6-30-17-12-16(13-18(31-7-2)21(17)32-8-3)14-25-23(29)22-20(15(4)5)26-24(33-22)27-11-9-10-19(27)28/h12-13,15H,6-11,14H2,1-5H3,(H,25,29). The quantitative estimate of drug-likeness (QED) is 0.514. The summed E-state index contributed by atoms with van der Waals surface area (Å²) in [6.45, 7) is 12.1. The molecule has 1 aromatic heterocycles. The Bertz CT molecular complexity index is 961. The monoisotopic (exact) mass is 475 g/mol. The van der Waals surface area contributed by atoms with Gasteiger partial charge in [-0.15, -0.1) is 0 Å². The number of nitrogens with one attached hydrogen (secondary N) is 1. The third kappa shape index (κ3) is 5.76. The van der Waals surface area contributed by atoms with Gasteiger partial charge in [-0.25, -0.2) is 4.98 Å². The van der Waals surface area contributed by atoms with Crippen LogP contribution < -0.4 is 24.4 Å². The molecule has 33 heavy (non-hydrogen) atoms. The fourth-order valence-corrected chi connectivity index (χ4v) is 4.83. The van der Waals surface area contributed by atoms with Gasteiger partial charge in [-0.2, -0.15) is 0 Å². The molecule has 1 aliphatic heterocycles. The molecule has 1 aliphatic rings. The molecule has 9 heteroatoms. The van der Waals surface area contributed by atoms with Gasteiger partial charge in [-0.1, -0.05) is 25.2 Å². The molecular formula is C24H33N3O5S. The van der Waals surface area contributed by atoms with Crippen molar-refractivity contribution in [3.8, 4) is 17.2 Å². The van der Waals surface area contributed by atoms with Crippen LogP contribution in [0.5, 0.6) is 17.2 Å². The molecule has 8 nitrogen and oxygen atoms in total. The lowest BCUT2D eigenvalue weighted by Gasteiger charge is -2.17. The van der Waals surface area contributed by atoms with Crippen LogP contribution in [0.3, 0.4) is 0 Å². The van der Waals surface area contributed by atoms with Crippen molar-refractivity contribution in [3.05, 3.63) is 28.3 Å². The second-order valence-electron chi connectivity index (χ2n) is 7.92. The van der Waals surface area contributed by atoms with Crippen LogP contribution in [0.4, 0.5) is 5.13 Å². The van der Waals surface area contributed by atoms with Crippen LogP contribution in [-0.2, 0) is 11.3 Å². The number of benzene rings is 1. The highest BCUT2D eigenvalue weighted by atomic mass is 32.1. The summed E-state index contributed by atoms with van der Waals surface area (Å²) in [5.41, 5.74) is 1.55. The summed E-state index contributed by atoms with van der Waals surface area (Å²) in [6.07, 6.45) is 1.35. The summed E-state index contributed by atoms with van der Waals surface area (Å²) in [6, 6.07) is 3.73. The highest BCUT2D eigenvalue weighted by Gasteiger charge is 2.28. The zero-order chi connectivity index (χ0) is 24.0. The number of carbonyl (C=O) groups excluding carboxylic acids is 2. The van der Waals surface area contributed by atoms with Crippen LogP contribution in [0.15, 0.2) is 12.1 Å². The van der Waals surface area contributed by atoms with Crippen molar-refractivity contribution in [2.75, 3.05) is 31.3 Å². The van der Waals surface area contributed by atoms with E-state index >= 15 is 0 Å². The number of amides is 2. The Hall–Kier alpha value is -2.81. The average Bonchev–Trinajstić information content (AvgIpc) is 3.41. The summed E-state index contributed by atoms with van der Waals surface area (Å²) >= 11 is 1.28. The van der Waals surface area contributed by atoms with E-state index in [1.165, 1.54) is 11.3 Å². The minimum atomic E-state index is -0.209. The number of rotatable bonds is 11. The molecule has 0 radical (unpaired) electrons. The first-order chi connectivity index (χ1) is 15.9. The van der Waals surface area contributed by atoms with Crippen molar-refractivity contribution >= 4 is 28.3 Å². The van der Waals surface area contributed by atoms with Gasteiger partial charge in [-0.05, 0) is 50.8 Å². The zero-order valence-electron chi connectivity index (χ0n) is 20.0. The molecule has 0 spiro atoms. The highest BCUT2D eigenvalue weighted by molar-refractivity contribution is 7.17. The molecule has 0 saturated carbocycles. The molecule has 180 valence electrons. The van der Waals surface area contributed by atoms with Gasteiger partial charge in [-0.3, -0.25) is 14.5 Å². The number of ether oxygens (including phenoxy) is 3. The van der Waals surface area contributed by atoms with Gasteiger partial charge >= 0.3 is 0 Å². The lowest BCUT2D eigenvalue weighted by molar-refractivity contribution is -0.117. The van der Waals surface area contributed by atoms with E-state index in [1.807, 2.05) is 46.8 Å². The highest BCUT2D eigenvalue weighted by Crippen LogP contribution is 2.39. The molecule has 1 fully saturated rings. The number of nitrogens with zero attached hydrogens (tertiary/aromatic N) is 2. The smallest absolute Gasteiger partial charge is 0.263 e. The minimum Gasteiger partial charge on any atom is -0.490 e. The fourth-order valence-electron chi connectivity index (χ4n) is 3.65. The van der Waals surface area contributed by atoms with E-state index in [-0.39, 0.29) is 17.7 Å². The van der Waals surface area contributed by atoms with E-state index in [2.05, 4.69) is 10.3 Å². The molecule has 1 N–H and O–H groups in total. The van der Waals surface area contributed by atoms with E-state index in [1.54, 1.807) is 4.90 Å². The van der Waals surface area contributed by atoms with Crippen molar-refractivity contribution < 1.29 is 23.8 Å². The van der Waals surface area contributed by atoms with Gasteiger partial charge in [0.05, 0.1) is 25.5 Å². The first-order valence-corrected chi connectivity index (χ1v) is 12.4. The molecule has 0 atom stereocenters. The molecule has 0 bridgehead atoms. The molecule has 0 aliphatic carbocycles. The largest absolute Gasteiger partial charge is 0.490 e. The van der Waals surface area contributed by atoms with Crippen molar-refractivity contribution in [1.82, 2.24) is 10.3 Å². The van der Waals surface area contributed by atoms with Gasteiger partial charge in [0.2, 0.25) is 11.7 Å². The zero-order valence-corrected chi connectivity index (χ0v) is 20.8. The molecular weight excluding hydrogens is 442 g/mol. The van der Waals surface area contributed by atoms with Crippen LogP contribution in [0.2, 0.25) is 0 Å². The van der Waals surface area contributed by atoms with Gasteiger partial charge in [0, 0.05) is 19.5 Å². The summed E-state index contributed by atoms with van der Waals surface area (Å²) in [5.74, 6) is 1.66. The van der Waals surface area contributed by atoms with Crippen molar-refractivity contribution in [3.63, 3.8) is 0 Å². The van der Waals surface area contributed by atoms with Gasteiger partial charge in [0.1, 0.15) is 4.88 Å². The van der Waals surface area contributed by atoms with E-state index in [4.69, 9.17) is 14.2 Å². The first kappa shape index (κ1) is 24.8. The maximum absolute atomic E-state index is 13.1. The van der Waals surface area contributed by atoms with E-state index in [0.717, 1.165) is 12.0 Å². The van der Waals surface area contributed by atoms with Crippen LogP contribution in [0.1, 0.15) is 74.3 Å². The molecule has 2 aromatic rings. The Morgan fingerprint density at radius 2 is 1.76 bits per heavy atom. The van der Waals surface area contributed by atoms with Crippen molar-refractivity contribution in [1.29, 1.82) is 0 Å². The summed E-state index contributed by atoms with van der Waals surface area (Å²) in [5, 5.41) is 3.59. The Morgan fingerprint density at radius 3 is 2.27 bits per heavy atom. The molecule has 1 aromatic carbocycles.